The Morgan fingerprint density at radius 1 is 0.968 bits per heavy atom. The molecule has 0 radical (unpaired) electrons. The molecule has 2 aromatic rings. The molecular weight excluding hydrogens is 432 g/mol. The third kappa shape index (κ3) is 5.10. The van der Waals surface area contributed by atoms with Gasteiger partial charge >= 0.3 is 0 Å². The number of piperidine rings is 1. The second-order valence-corrected chi connectivity index (χ2v) is 9.02. The van der Waals surface area contributed by atoms with Crippen LogP contribution in [-0.2, 0) is 32.4 Å². The van der Waals surface area contributed by atoms with E-state index < -0.39 is 0 Å². The van der Waals surface area contributed by atoms with Crippen LogP contribution in [0.1, 0.15) is 17.5 Å². The lowest BCUT2D eigenvalue weighted by Gasteiger charge is -2.28. The van der Waals surface area contributed by atoms with E-state index >= 15 is 0 Å². The van der Waals surface area contributed by atoms with E-state index in [1.54, 1.807) is 17.0 Å². The van der Waals surface area contributed by atoms with Crippen LogP contribution in [0.2, 0.25) is 0 Å². The number of nitrogens with zero attached hydrogens (tertiary/aromatic N) is 2. The summed E-state index contributed by atoms with van der Waals surface area (Å²) in [6, 6.07) is 16.9. The number of hydrogen-bond acceptors (Lipinski definition) is 6. The molecule has 0 aromatic heterocycles. The average Bonchev–Trinajstić information content (AvgIpc) is 3.32. The zero-order chi connectivity index (χ0) is 21.6. The number of ketones is 1. The molecule has 4 rings (SSSR count). The first-order valence-corrected chi connectivity index (χ1v) is 11.5. The predicted octanol–water partition coefficient (Wildman–Crippen LogP) is 4.25. The van der Waals surface area contributed by atoms with Gasteiger partial charge in [0.25, 0.3) is 5.91 Å². The van der Waals surface area contributed by atoms with Gasteiger partial charge in [0.15, 0.2) is 5.78 Å². The smallest absolute Gasteiger partial charge is 0.259 e. The molecule has 6 nitrogen and oxygen atoms in total. The lowest BCUT2D eigenvalue weighted by Crippen LogP contribution is -2.40. The lowest BCUT2D eigenvalue weighted by molar-refractivity contribution is -0.133. The van der Waals surface area contributed by atoms with E-state index in [1.807, 2.05) is 53.3 Å². The summed E-state index contributed by atoms with van der Waals surface area (Å²) in [6.07, 6.45) is 0.956. The SMILES string of the molecule is O=CN(OCc1ccccc1)c1ccc(CN2CCC(=O)C(=C3SC=CS3)C2=O)cc1. The van der Waals surface area contributed by atoms with E-state index in [2.05, 4.69) is 0 Å². The predicted molar refractivity (Wildman–Crippen MR) is 123 cm³/mol. The monoisotopic (exact) mass is 452 g/mol. The van der Waals surface area contributed by atoms with Crippen molar-refractivity contribution in [1.29, 1.82) is 0 Å². The molecule has 1 fully saturated rings. The van der Waals surface area contributed by atoms with Crippen molar-refractivity contribution >= 4 is 47.3 Å². The zero-order valence-corrected chi connectivity index (χ0v) is 18.2. The molecule has 158 valence electrons. The number of anilines is 1. The van der Waals surface area contributed by atoms with Crippen LogP contribution in [0.25, 0.3) is 0 Å². The normalized spacial score (nSPS) is 16.2. The highest BCUT2D eigenvalue weighted by molar-refractivity contribution is 8.27. The first-order valence-electron chi connectivity index (χ1n) is 9.71. The fourth-order valence-electron chi connectivity index (χ4n) is 3.27. The molecule has 0 unspecified atom stereocenters. The largest absolute Gasteiger partial charge is 0.334 e. The molecule has 0 aliphatic carbocycles. The number of carbonyl (C=O) groups excluding carboxylic acids is 3. The Kier molecular flexibility index (Phi) is 6.91. The third-order valence-corrected chi connectivity index (χ3v) is 7.00. The summed E-state index contributed by atoms with van der Waals surface area (Å²) < 4.78 is 0.757. The number of benzene rings is 2. The molecule has 0 bridgehead atoms. The number of rotatable bonds is 7. The zero-order valence-electron chi connectivity index (χ0n) is 16.6. The van der Waals surface area contributed by atoms with Crippen molar-refractivity contribution < 1.29 is 19.2 Å². The topological polar surface area (TPSA) is 66.9 Å². The Morgan fingerprint density at radius 2 is 1.68 bits per heavy atom. The van der Waals surface area contributed by atoms with Gasteiger partial charge in [0.2, 0.25) is 6.41 Å². The number of thioether (sulfide) groups is 2. The van der Waals surface area contributed by atoms with Gasteiger partial charge in [-0.2, -0.15) is 5.06 Å². The average molecular weight is 453 g/mol. The van der Waals surface area contributed by atoms with Crippen molar-refractivity contribution in [3.63, 3.8) is 0 Å². The second-order valence-electron chi connectivity index (χ2n) is 6.93. The highest BCUT2D eigenvalue weighted by atomic mass is 32.2. The van der Waals surface area contributed by atoms with Crippen molar-refractivity contribution in [2.45, 2.75) is 19.6 Å². The first-order chi connectivity index (χ1) is 15.2. The molecule has 0 N–H and O–H groups in total. The molecule has 2 heterocycles. The van der Waals surface area contributed by atoms with Crippen LogP contribution in [0, 0.1) is 0 Å². The van der Waals surface area contributed by atoms with Crippen LogP contribution in [0.15, 0.2) is 75.2 Å². The standard InChI is InChI=1S/C23H20N2O4S2/c26-16-25(29-15-18-4-2-1-3-5-18)19-8-6-17(7-9-19)14-24-11-10-20(27)21(22(24)28)23-30-12-13-31-23/h1-9,12-13,16H,10-11,14-15H2. The van der Waals surface area contributed by atoms with Crippen molar-refractivity contribution in [3.05, 3.63) is 86.4 Å². The number of Topliss-reactive ketones (excluding diaryl/α,β-unsaturated/α-hetero) is 1. The third-order valence-electron chi connectivity index (χ3n) is 4.87. The first kappa shape index (κ1) is 21.4. The van der Waals surface area contributed by atoms with Crippen LogP contribution >= 0.6 is 23.5 Å². The summed E-state index contributed by atoms with van der Waals surface area (Å²) in [5.74, 6) is -0.313. The van der Waals surface area contributed by atoms with Gasteiger partial charge < -0.3 is 4.90 Å². The van der Waals surface area contributed by atoms with Crippen molar-refractivity contribution in [2.75, 3.05) is 11.6 Å². The van der Waals surface area contributed by atoms with Gasteiger partial charge in [-0.15, -0.1) is 0 Å². The minimum Gasteiger partial charge on any atom is -0.334 e. The maximum absolute atomic E-state index is 12.9. The van der Waals surface area contributed by atoms with Crippen LogP contribution < -0.4 is 5.06 Å². The van der Waals surface area contributed by atoms with Crippen LogP contribution in [0.4, 0.5) is 5.69 Å². The quantitative estimate of drug-likeness (QED) is 0.271. The van der Waals surface area contributed by atoms with Gasteiger partial charge in [-0.3, -0.25) is 19.2 Å². The van der Waals surface area contributed by atoms with Crippen molar-refractivity contribution in [3.8, 4) is 0 Å². The summed E-state index contributed by atoms with van der Waals surface area (Å²) in [5, 5.41) is 4.94. The molecule has 1 saturated heterocycles. The maximum atomic E-state index is 12.9. The van der Waals surface area contributed by atoms with E-state index in [4.69, 9.17) is 4.84 Å². The molecule has 2 aliphatic rings. The Balaban J connectivity index is 1.41. The van der Waals surface area contributed by atoms with Crippen molar-refractivity contribution in [2.24, 2.45) is 0 Å². The molecule has 2 aromatic carbocycles. The summed E-state index contributed by atoms with van der Waals surface area (Å²) in [4.78, 5) is 43.9. The molecular formula is C23H20N2O4S2. The fourth-order valence-corrected chi connectivity index (χ4v) is 5.16. The number of hydroxylamine groups is 1. The molecule has 2 aliphatic heterocycles. The molecule has 0 atom stereocenters. The number of carbonyl (C=O) groups is 3. The minimum atomic E-state index is -0.222. The maximum Gasteiger partial charge on any atom is 0.259 e. The summed E-state index contributed by atoms with van der Waals surface area (Å²) >= 11 is 2.83. The number of hydrogen-bond donors (Lipinski definition) is 0. The van der Waals surface area contributed by atoms with Gasteiger partial charge in [0.05, 0.1) is 9.92 Å². The fraction of sp³-hybridized carbons (Fsp3) is 0.174. The summed E-state index contributed by atoms with van der Waals surface area (Å²) in [5.41, 5.74) is 2.77. The van der Waals surface area contributed by atoms with Gasteiger partial charge in [0, 0.05) is 19.5 Å². The lowest BCUT2D eigenvalue weighted by atomic mass is 10.0. The Bertz CT molecular complexity index is 1030. The van der Waals surface area contributed by atoms with Gasteiger partial charge in [0.1, 0.15) is 12.2 Å². The molecule has 8 heteroatoms. The number of likely N-dealkylation sites (tertiary alicyclic amines) is 1. The van der Waals surface area contributed by atoms with Gasteiger partial charge in [-0.1, -0.05) is 66.0 Å². The van der Waals surface area contributed by atoms with Gasteiger partial charge in [-0.05, 0) is 34.1 Å². The van der Waals surface area contributed by atoms with E-state index in [-0.39, 0.29) is 18.3 Å². The van der Waals surface area contributed by atoms with Crippen LogP contribution in [-0.4, -0.2) is 29.5 Å². The van der Waals surface area contributed by atoms with Gasteiger partial charge in [-0.25, -0.2) is 0 Å². The van der Waals surface area contributed by atoms with Crippen LogP contribution in [0.3, 0.4) is 0 Å². The van der Waals surface area contributed by atoms with E-state index in [1.165, 1.54) is 28.6 Å². The van der Waals surface area contributed by atoms with E-state index in [0.717, 1.165) is 15.4 Å². The number of amides is 2. The van der Waals surface area contributed by atoms with Crippen molar-refractivity contribution in [1.82, 2.24) is 4.90 Å². The highest BCUT2D eigenvalue weighted by Gasteiger charge is 2.33. The summed E-state index contributed by atoms with van der Waals surface area (Å²) in [7, 11) is 0. The van der Waals surface area contributed by atoms with E-state index in [0.29, 0.717) is 37.2 Å². The van der Waals surface area contributed by atoms with Crippen LogP contribution in [0.5, 0.6) is 0 Å². The van der Waals surface area contributed by atoms with E-state index in [9.17, 15) is 14.4 Å². The summed E-state index contributed by atoms with van der Waals surface area (Å²) in [6.45, 7) is 1.08. The molecule has 0 saturated carbocycles. The molecule has 31 heavy (non-hydrogen) atoms. The molecule has 2 amide bonds. The Labute approximate surface area is 188 Å². The minimum absolute atomic E-state index is 0.0903. The molecule has 0 spiro atoms. The highest BCUT2D eigenvalue weighted by Crippen LogP contribution is 2.41. The Hall–Kier alpha value is -2.81. The second kappa shape index (κ2) is 10.00. The Morgan fingerprint density at radius 3 is 2.35 bits per heavy atom.